The summed E-state index contributed by atoms with van der Waals surface area (Å²) in [6, 6.07) is 21.4. The lowest BCUT2D eigenvalue weighted by atomic mass is 10.1. The van der Waals surface area contributed by atoms with E-state index in [9.17, 15) is 4.79 Å². The van der Waals surface area contributed by atoms with Crippen molar-refractivity contribution >= 4 is 28.1 Å². The number of halogens is 1. The van der Waals surface area contributed by atoms with Gasteiger partial charge >= 0.3 is 0 Å². The summed E-state index contributed by atoms with van der Waals surface area (Å²) in [7, 11) is 0. The van der Waals surface area contributed by atoms with Crippen molar-refractivity contribution in [1.82, 2.24) is 5.43 Å². The fourth-order valence-electron chi connectivity index (χ4n) is 2.70. The zero-order valence-electron chi connectivity index (χ0n) is 16.9. The van der Waals surface area contributed by atoms with E-state index in [2.05, 4.69) is 26.5 Å². The highest BCUT2D eigenvalue weighted by Gasteiger charge is 2.06. The first kappa shape index (κ1) is 21.6. The van der Waals surface area contributed by atoms with Crippen molar-refractivity contribution in [3.63, 3.8) is 0 Å². The first-order chi connectivity index (χ1) is 14.5. The minimum atomic E-state index is -0.339. The van der Waals surface area contributed by atoms with Crippen molar-refractivity contribution < 1.29 is 14.3 Å². The van der Waals surface area contributed by atoms with Crippen molar-refractivity contribution in [2.24, 2.45) is 5.10 Å². The molecule has 0 aromatic heterocycles. The van der Waals surface area contributed by atoms with Crippen LogP contribution in [0.2, 0.25) is 0 Å². The number of carbonyl (C=O) groups is 1. The minimum absolute atomic E-state index is 0.114. The van der Waals surface area contributed by atoms with E-state index < -0.39 is 0 Å². The third kappa shape index (κ3) is 6.46. The second-order valence-corrected chi connectivity index (χ2v) is 7.72. The minimum Gasteiger partial charge on any atom is -0.488 e. The number of nitrogens with one attached hydrogen (secondary N) is 1. The quantitative estimate of drug-likeness (QED) is 0.367. The Morgan fingerprint density at radius 1 is 1.00 bits per heavy atom. The molecule has 0 spiro atoms. The van der Waals surface area contributed by atoms with E-state index in [1.165, 1.54) is 0 Å². The van der Waals surface area contributed by atoms with Gasteiger partial charge < -0.3 is 9.47 Å². The number of rotatable bonds is 8. The number of ether oxygens (including phenoxy) is 2. The van der Waals surface area contributed by atoms with Crippen LogP contribution in [0.15, 0.2) is 76.3 Å². The van der Waals surface area contributed by atoms with Crippen LogP contribution >= 0.6 is 15.9 Å². The van der Waals surface area contributed by atoms with Gasteiger partial charge in [0, 0.05) is 10.0 Å². The molecular formula is C24H23BrN2O3. The Labute approximate surface area is 184 Å². The van der Waals surface area contributed by atoms with Crippen molar-refractivity contribution in [3.05, 3.63) is 93.5 Å². The fraction of sp³-hybridized carbons (Fsp3) is 0.167. The zero-order valence-corrected chi connectivity index (χ0v) is 18.5. The van der Waals surface area contributed by atoms with Crippen LogP contribution in [0.1, 0.15) is 22.3 Å². The van der Waals surface area contributed by atoms with E-state index in [0.717, 1.165) is 26.7 Å². The molecule has 1 N–H and O–H groups in total. The van der Waals surface area contributed by atoms with Crippen molar-refractivity contribution in [3.8, 4) is 11.5 Å². The summed E-state index contributed by atoms with van der Waals surface area (Å²) in [5, 5.41) is 4.05. The Morgan fingerprint density at radius 3 is 2.60 bits per heavy atom. The molecule has 1 amide bonds. The van der Waals surface area contributed by atoms with Gasteiger partial charge in [-0.1, -0.05) is 58.4 Å². The SMILES string of the molecule is Cc1ccc(C)c(OCC(=O)N/N=C/c2cc(Br)ccc2OCc2ccccc2)c1. The van der Waals surface area contributed by atoms with Gasteiger partial charge in [-0.3, -0.25) is 4.79 Å². The van der Waals surface area contributed by atoms with Gasteiger partial charge in [-0.05, 0) is 54.8 Å². The molecule has 0 unspecified atom stereocenters. The first-order valence-electron chi connectivity index (χ1n) is 9.49. The summed E-state index contributed by atoms with van der Waals surface area (Å²) in [6.07, 6.45) is 1.56. The number of nitrogens with zero attached hydrogens (tertiary/aromatic N) is 1. The Kier molecular flexibility index (Phi) is 7.63. The van der Waals surface area contributed by atoms with E-state index in [1.54, 1.807) is 6.21 Å². The lowest BCUT2D eigenvalue weighted by Crippen LogP contribution is -2.24. The van der Waals surface area contributed by atoms with Gasteiger partial charge in [-0.25, -0.2) is 5.43 Å². The average molecular weight is 467 g/mol. The molecule has 3 rings (SSSR count). The van der Waals surface area contributed by atoms with Gasteiger partial charge in [0.2, 0.25) is 0 Å². The third-order valence-electron chi connectivity index (χ3n) is 4.30. The lowest BCUT2D eigenvalue weighted by molar-refractivity contribution is -0.123. The highest BCUT2D eigenvalue weighted by Crippen LogP contribution is 2.23. The number of hydrogen-bond acceptors (Lipinski definition) is 4. The van der Waals surface area contributed by atoms with Gasteiger partial charge in [-0.2, -0.15) is 5.10 Å². The Bertz CT molecular complexity index is 1040. The molecule has 0 atom stereocenters. The number of hydrogen-bond donors (Lipinski definition) is 1. The number of benzene rings is 3. The van der Waals surface area contributed by atoms with Crippen LogP contribution in [0.25, 0.3) is 0 Å². The smallest absolute Gasteiger partial charge is 0.277 e. The highest BCUT2D eigenvalue weighted by molar-refractivity contribution is 9.10. The van der Waals surface area contributed by atoms with Crippen LogP contribution in [0.5, 0.6) is 11.5 Å². The predicted octanol–water partition coefficient (Wildman–Crippen LogP) is 5.17. The van der Waals surface area contributed by atoms with Crippen molar-refractivity contribution in [2.45, 2.75) is 20.5 Å². The van der Waals surface area contributed by atoms with Gasteiger partial charge in [0.1, 0.15) is 18.1 Å². The largest absolute Gasteiger partial charge is 0.488 e. The van der Waals surface area contributed by atoms with Gasteiger partial charge in [0.05, 0.1) is 6.21 Å². The molecule has 5 nitrogen and oxygen atoms in total. The molecule has 3 aromatic rings. The molecule has 3 aromatic carbocycles. The summed E-state index contributed by atoms with van der Waals surface area (Å²) in [4.78, 5) is 12.1. The molecule has 0 fully saturated rings. The van der Waals surface area contributed by atoms with Crippen LogP contribution in [0.4, 0.5) is 0 Å². The standard InChI is InChI=1S/C24H23BrN2O3/c1-17-8-9-18(2)23(12-17)30-16-24(28)27-26-14-20-13-21(25)10-11-22(20)29-15-19-6-4-3-5-7-19/h3-14H,15-16H2,1-2H3,(H,27,28)/b26-14+. The normalized spacial score (nSPS) is 10.8. The molecular weight excluding hydrogens is 444 g/mol. The summed E-state index contributed by atoms with van der Waals surface area (Å²) in [5.74, 6) is 1.03. The van der Waals surface area contributed by atoms with E-state index in [1.807, 2.05) is 80.6 Å². The van der Waals surface area contributed by atoms with Gasteiger partial charge in [-0.15, -0.1) is 0 Å². The molecule has 0 saturated heterocycles. The number of hydrazone groups is 1. The molecule has 0 bridgehead atoms. The molecule has 0 heterocycles. The second kappa shape index (κ2) is 10.6. The van der Waals surface area contributed by atoms with Gasteiger partial charge in [0.25, 0.3) is 5.91 Å². The van der Waals surface area contributed by atoms with E-state index in [4.69, 9.17) is 9.47 Å². The number of amides is 1. The zero-order chi connectivity index (χ0) is 21.3. The molecule has 0 aliphatic carbocycles. The molecule has 0 aliphatic rings. The number of carbonyl (C=O) groups excluding carboxylic acids is 1. The second-order valence-electron chi connectivity index (χ2n) is 6.81. The number of aryl methyl sites for hydroxylation is 2. The third-order valence-corrected chi connectivity index (χ3v) is 4.80. The van der Waals surface area contributed by atoms with Gasteiger partial charge in [0.15, 0.2) is 6.61 Å². The van der Waals surface area contributed by atoms with Crippen LogP contribution in [-0.4, -0.2) is 18.7 Å². The summed E-state index contributed by atoms with van der Waals surface area (Å²) in [5.41, 5.74) is 6.36. The van der Waals surface area contributed by atoms with Crippen molar-refractivity contribution in [2.75, 3.05) is 6.61 Å². The summed E-state index contributed by atoms with van der Waals surface area (Å²) in [6.45, 7) is 4.25. The Hall–Kier alpha value is -3.12. The summed E-state index contributed by atoms with van der Waals surface area (Å²) >= 11 is 3.45. The van der Waals surface area contributed by atoms with Crippen LogP contribution in [0.3, 0.4) is 0 Å². The average Bonchev–Trinajstić information content (AvgIpc) is 2.74. The molecule has 0 saturated carbocycles. The Balaban J connectivity index is 1.57. The van der Waals surface area contributed by atoms with E-state index >= 15 is 0 Å². The summed E-state index contributed by atoms with van der Waals surface area (Å²) < 4.78 is 12.4. The maximum absolute atomic E-state index is 12.1. The highest BCUT2D eigenvalue weighted by atomic mass is 79.9. The van der Waals surface area contributed by atoms with Crippen molar-refractivity contribution in [1.29, 1.82) is 0 Å². The molecule has 30 heavy (non-hydrogen) atoms. The van der Waals surface area contributed by atoms with E-state index in [0.29, 0.717) is 18.1 Å². The molecule has 0 aliphatic heterocycles. The maximum atomic E-state index is 12.1. The topological polar surface area (TPSA) is 59.9 Å². The molecule has 154 valence electrons. The maximum Gasteiger partial charge on any atom is 0.277 e. The lowest BCUT2D eigenvalue weighted by Gasteiger charge is -2.10. The predicted molar refractivity (Wildman–Crippen MR) is 122 cm³/mol. The Morgan fingerprint density at radius 2 is 1.80 bits per heavy atom. The van der Waals surface area contributed by atoms with Crippen LogP contribution in [-0.2, 0) is 11.4 Å². The fourth-order valence-corrected chi connectivity index (χ4v) is 3.08. The van der Waals surface area contributed by atoms with Crippen LogP contribution < -0.4 is 14.9 Å². The first-order valence-corrected chi connectivity index (χ1v) is 10.3. The molecule has 6 heteroatoms. The molecule has 0 radical (unpaired) electrons. The van der Waals surface area contributed by atoms with Crippen LogP contribution in [0, 0.1) is 13.8 Å². The monoisotopic (exact) mass is 466 g/mol. The van der Waals surface area contributed by atoms with E-state index in [-0.39, 0.29) is 12.5 Å².